The highest BCUT2D eigenvalue weighted by Crippen LogP contribution is 2.22. The molecule has 7 heteroatoms. The monoisotopic (exact) mass is 247 g/mol. The minimum Gasteiger partial charge on any atom is -0.409 e. The highest BCUT2D eigenvalue weighted by molar-refractivity contribution is 7.99. The van der Waals surface area contributed by atoms with Gasteiger partial charge in [0.1, 0.15) is 5.03 Å². The van der Waals surface area contributed by atoms with Gasteiger partial charge >= 0.3 is 0 Å². The van der Waals surface area contributed by atoms with Gasteiger partial charge in [-0.25, -0.2) is 15.0 Å². The van der Waals surface area contributed by atoms with Gasteiger partial charge < -0.3 is 10.9 Å². The minimum atomic E-state index is 0.0447. The lowest BCUT2D eigenvalue weighted by atomic mass is 10.2. The van der Waals surface area contributed by atoms with Crippen molar-refractivity contribution in [3.05, 3.63) is 42.4 Å². The van der Waals surface area contributed by atoms with Crippen molar-refractivity contribution < 1.29 is 5.21 Å². The van der Waals surface area contributed by atoms with E-state index in [2.05, 4.69) is 20.1 Å². The van der Waals surface area contributed by atoms with Gasteiger partial charge in [0.15, 0.2) is 11.0 Å². The van der Waals surface area contributed by atoms with E-state index in [-0.39, 0.29) is 5.84 Å². The smallest absolute Gasteiger partial charge is 0.193 e. The first-order valence-corrected chi connectivity index (χ1v) is 5.50. The van der Waals surface area contributed by atoms with E-state index >= 15 is 0 Å². The van der Waals surface area contributed by atoms with E-state index in [4.69, 9.17) is 10.9 Å². The zero-order chi connectivity index (χ0) is 12.1. The molecule has 0 saturated heterocycles. The lowest BCUT2D eigenvalue weighted by Gasteiger charge is -2.01. The molecule has 2 aromatic heterocycles. The predicted molar refractivity (Wildman–Crippen MR) is 62.9 cm³/mol. The van der Waals surface area contributed by atoms with Gasteiger partial charge in [-0.1, -0.05) is 5.16 Å². The Kier molecular flexibility index (Phi) is 3.51. The van der Waals surface area contributed by atoms with Crippen LogP contribution in [0.3, 0.4) is 0 Å². The molecule has 0 atom stereocenters. The molecular formula is C10H9N5OS. The molecule has 6 nitrogen and oxygen atoms in total. The average Bonchev–Trinajstić information content (AvgIpc) is 2.39. The maximum absolute atomic E-state index is 8.58. The van der Waals surface area contributed by atoms with Crippen LogP contribution in [0.1, 0.15) is 5.56 Å². The SMILES string of the molecule is N/C(=N\O)c1ccnc(Sc2ncccn2)c1. The fourth-order valence-electron chi connectivity index (χ4n) is 1.11. The van der Waals surface area contributed by atoms with Gasteiger partial charge in [-0.2, -0.15) is 0 Å². The van der Waals surface area contributed by atoms with E-state index in [1.54, 1.807) is 36.8 Å². The van der Waals surface area contributed by atoms with Crippen LogP contribution in [0.4, 0.5) is 0 Å². The molecule has 86 valence electrons. The molecule has 0 fully saturated rings. The quantitative estimate of drug-likeness (QED) is 0.277. The van der Waals surface area contributed by atoms with E-state index in [1.165, 1.54) is 11.8 Å². The summed E-state index contributed by atoms with van der Waals surface area (Å²) in [5, 5.41) is 12.8. The van der Waals surface area contributed by atoms with Crippen LogP contribution >= 0.6 is 11.8 Å². The Labute approximate surface area is 102 Å². The molecule has 0 bridgehead atoms. The van der Waals surface area contributed by atoms with Gasteiger partial charge in [0.05, 0.1) is 0 Å². The van der Waals surface area contributed by atoms with Gasteiger partial charge in [0.25, 0.3) is 0 Å². The standard InChI is InChI=1S/C10H9N5OS/c11-9(15-16)7-2-5-12-8(6-7)17-10-13-3-1-4-14-10/h1-6,16H,(H2,11,15). The maximum atomic E-state index is 8.58. The number of hydrogen-bond acceptors (Lipinski definition) is 6. The molecule has 0 aliphatic rings. The number of pyridine rings is 1. The van der Waals surface area contributed by atoms with Crippen LogP contribution in [0.25, 0.3) is 0 Å². The number of aromatic nitrogens is 3. The van der Waals surface area contributed by atoms with Crippen molar-refractivity contribution in [1.29, 1.82) is 0 Å². The summed E-state index contributed by atoms with van der Waals surface area (Å²) in [5.74, 6) is 0.0447. The number of rotatable bonds is 3. The molecular weight excluding hydrogens is 238 g/mol. The Morgan fingerprint density at radius 3 is 2.71 bits per heavy atom. The first-order valence-electron chi connectivity index (χ1n) is 4.68. The van der Waals surface area contributed by atoms with Gasteiger partial charge in [-0.05, 0) is 30.0 Å². The summed E-state index contributed by atoms with van der Waals surface area (Å²) in [6, 6.07) is 5.10. The third-order valence-corrected chi connectivity index (χ3v) is 2.70. The van der Waals surface area contributed by atoms with Gasteiger partial charge in [-0.3, -0.25) is 0 Å². The molecule has 0 aliphatic carbocycles. The summed E-state index contributed by atoms with van der Waals surface area (Å²) in [6.45, 7) is 0. The van der Waals surface area contributed by atoms with Crippen molar-refractivity contribution in [3.8, 4) is 0 Å². The number of amidine groups is 1. The third-order valence-electron chi connectivity index (χ3n) is 1.88. The highest BCUT2D eigenvalue weighted by Gasteiger charge is 2.04. The Morgan fingerprint density at radius 1 is 1.24 bits per heavy atom. The first-order chi connectivity index (χ1) is 8.29. The van der Waals surface area contributed by atoms with Gasteiger partial charge in [0, 0.05) is 24.2 Å². The molecule has 0 amide bonds. The fourth-order valence-corrected chi connectivity index (χ4v) is 1.83. The average molecular weight is 247 g/mol. The molecule has 0 aromatic carbocycles. The summed E-state index contributed by atoms with van der Waals surface area (Å²) in [7, 11) is 0. The zero-order valence-electron chi connectivity index (χ0n) is 8.69. The molecule has 0 radical (unpaired) electrons. The largest absolute Gasteiger partial charge is 0.409 e. The second kappa shape index (κ2) is 5.26. The Hall–Kier alpha value is -2.15. The maximum Gasteiger partial charge on any atom is 0.193 e. The minimum absolute atomic E-state index is 0.0447. The van der Waals surface area contributed by atoms with Crippen molar-refractivity contribution in [1.82, 2.24) is 15.0 Å². The van der Waals surface area contributed by atoms with Gasteiger partial charge in [-0.15, -0.1) is 0 Å². The Bertz CT molecular complexity index is 531. The second-order valence-corrected chi connectivity index (χ2v) is 3.99. The number of nitrogens with zero attached hydrogens (tertiary/aromatic N) is 4. The molecule has 2 aromatic rings. The number of oxime groups is 1. The van der Waals surface area contributed by atoms with Crippen LogP contribution in [-0.2, 0) is 0 Å². The van der Waals surface area contributed by atoms with Gasteiger partial charge in [0.2, 0.25) is 0 Å². The molecule has 2 rings (SSSR count). The van der Waals surface area contributed by atoms with E-state index in [9.17, 15) is 0 Å². The van der Waals surface area contributed by atoms with Crippen molar-refractivity contribution in [2.75, 3.05) is 0 Å². The summed E-state index contributed by atoms with van der Waals surface area (Å²) >= 11 is 1.30. The summed E-state index contributed by atoms with van der Waals surface area (Å²) in [5.41, 5.74) is 6.09. The van der Waals surface area contributed by atoms with E-state index in [0.29, 0.717) is 15.7 Å². The van der Waals surface area contributed by atoms with Crippen LogP contribution in [0.5, 0.6) is 0 Å². The molecule has 2 heterocycles. The van der Waals surface area contributed by atoms with Crippen LogP contribution < -0.4 is 5.73 Å². The second-order valence-electron chi connectivity index (χ2n) is 3.00. The molecule has 0 spiro atoms. The van der Waals surface area contributed by atoms with Crippen molar-refractivity contribution in [2.45, 2.75) is 10.2 Å². The first kappa shape index (κ1) is 11.3. The van der Waals surface area contributed by atoms with Crippen molar-refractivity contribution in [2.24, 2.45) is 10.9 Å². The Morgan fingerprint density at radius 2 is 2.00 bits per heavy atom. The zero-order valence-corrected chi connectivity index (χ0v) is 9.50. The predicted octanol–water partition coefficient (Wildman–Crippen LogP) is 1.12. The van der Waals surface area contributed by atoms with Crippen LogP contribution in [0, 0.1) is 0 Å². The molecule has 0 saturated carbocycles. The third kappa shape index (κ3) is 2.91. The topological polar surface area (TPSA) is 97.3 Å². The van der Waals surface area contributed by atoms with E-state index < -0.39 is 0 Å². The molecule has 3 N–H and O–H groups in total. The van der Waals surface area contributed by atoms with Crippen molar-refractivity contribution in [3.63, 3.8) is 0 Å². The lowest BCUT2D eigenvalue weighted by molar-refractivity contribution is 0.318. The molecule has 0 aliphatic heterocycles. The van der Waals surface area contributed by atoms with E-state index in [0.717, 1.165) is 0 Å². The summed E-state index contributed by atoms with van der Waals surface area (Å²) in [6.07, 6.45) is 4.89. The van der Waals surface area contributed by atoms with Crippen molar-refractivity contribution >= 4 is 17.6 Å². The molecule has 17 heavy (non-hydrogen) atoms. The van der Waals surface area contributed by atoms with Crippen LogP contribution in [0.15, 0.2) is 52.1 Å². The normalized spacial score (nSPS) is 11.4. The summed E-state index contributed by atoms with van der Waals surface area (Å²) < 4.78 is 0. The molecule has 0 unspecified atom stereocenters. The van der Waals surface area contributed by atoms with Crippen LogP contribution in [0.2, 0.25) is 0 Å². The van der Waals surface area contributed by atoms with Crippen LogP contribution in [-0.4, -0.2) is 26.0 Å². The number of hydrogen-bond donors (Lipinski definition) is 2. The lowest BCUT2D eigenvalue weighted by Crippen LogP contribution is -2.13. The highest BCUT2D eigenvalue weighted by atomic mass is 32.2. The number of nitrogens with two attached hydrogens (primary N) is 1. The van der Waals surface area contributed by atoms with E-state index in [1.807, 2.05) is 0 Å². The fraction of sp³-hybridized carbons (Fsp3) is 0. The summed E-state index contributed by atoms with van der Waals surface area (Å²) in [4.78, 5) is 12.3. The Balaban J connectivity index is 2.23.